The van der Waals surface area contributed by atoms with Gasteiger partial charge in [-0.1, -0.05) is 12.1 Å². The van der Waals surface area contributed by atoms with Crippen molar-refractivity contribution in [1.29, 1.82) is 0 Å². The molecule has 2 N–H and O–H groups in total. The van der Waals surface area contributed by atoms with Gasteiger partial charge in [-0.25, -0.2) is 4.39 Å². The number of carbonyl (C=O) groups excluding carboxylic acids is 1. The average Bonchev–Trinajstić information content (AvgIpc) is 2.86. The molecule has 3 rings (SSSR count). The number of piperidine rings is 1. The number of hydrogen-bond donors (Lipinski definition) is 2. The second-order valence-corrected chi connectivity index (χ2v) is 8.56. The summed E-state index contributed by atoms with van der Waals surface area (Å²) in [6.45, 7) is 7.18. The molecule has 2 aliphatic rings. The summed E-state index contributed by atoms with van der Waals surface area (Å²) in [5, 5.41) is 6.64. The zero-order valence-electron chi connectivity index (χ0n) is 16.4. The fourth-order valence-electron chi connectivity index (χ4n) is 4.46. The summed E-state index contributed by atoms with van der Waals surface area (Å²) in [6.07, 6.45) is 3.94. The minimum atomic E-state index is -0.361. The van der Waals surface area contributed by atoms with E-state index in [0.29, 0.717) is 11.8 Å². The second-order valence-electron chi connectivity index (χ2n) is 8.56. The maximum Gasteiger partial charge on any atom is 0.237 e. The van der Waals surface area contributed by atoms with Crippen molar-refractivity contribution in [3.8, 4) is 0 Å². The molecular formula is C20H32Cl2FN3O. The molecule has 0 bridgehead atoms. The molecule has 4 nitrogen and oxygen atoms in total. The number of rotatable bonds is 4. The van der Waals surface area contributed by atoms with E-state index in [2.05, 4.69) is 22.6 Å². The van der Waals surface area contributed by atoms with Gasteiger partial charge < -0.3 is 10.6 Å². The average molecular weight is 420 g/mol. The summed E-state index contributed by atoms with van der Waals surface area (Å²) in [6, 6.07) is 6.47. The van der Waals surface area contributed by atoms with E-state index in [4.69, 9.17) is 0 Å². The Morgan fingerprint density at radius 1 is 1.26 bits per heavy atom. The number of carbonyl (C=O) groups is 1. The van der Waals surface area contributed by atoms with E-state index in [1.807, 2.05) is 13.8 Å². The first-order chi connectivity index (χ1) is 11.8. The van der Waals surface area contributed by atoms with Crippen LogP contribution in [-0.2, 0) is 11.2 Å². The number of nitrogens with one attached hydrogen (secondary N) is 2. The minimum absolute atomic E-state index is 0. The molecule has 2 saturated heterocycles. The van der Waals surface area contributed by atoms with Crippen LogP contribution in [0.15, 0.2) is 24.3 Å². The molecule has 0 aromatic heterocycles. The third-order valence-electron chi connectivity index (χ3n) is 5.73. The Balaban J connectivity index is 0.00000182. The number of nitrogens with zero attached hydrogens (tertiary/aromatic N) is 1. The Kier molecular flexibility index (Phi) is 8.54. The summed E-state index contributed by atoms with van der Waals surface area (Å²) >= 11 is 0. The van der Waals surface area contributed by atoms with Crippen LogP contribution in [0.25, 0.3) is 0 Å². The van der Waals surface area contributed by atoms with Gasteiger partial charge in [0.15, 0.2) is 0 Å². The lowest BCUT2D eigenvalue weighted by Crippen LogP contribution is -2.51. The van der Waals surface area contributed by atoms with Crippen LogP contribution in [0.1, 0.15) is 38.7 Å². The fraction of sp³-hybridized carbons (Fsp3) is 0.650. The number of amides is 1. The van der Waals surface area contributed by atoms with E-state index in [0.717, 1.165) is 44.5 Å². The SMILES string of the molecule is CN1CC2(CCNCC2)CC1C(=O)NC(C)(C)Cc1ccc(F)cc1.Cl.Cl. The highest BCUT2D eigenvalue weighted by atomic mass is 35.5. The molecule has 2 fully saturated rings. The van der Waals surface area contributed by atoms with Crippen LogP contribution >= 0.6 is 24.8 Å². The van der Waals surface area contributed by atoms with Crippen LogP contribution in [0.3, 0.4) is 0 Å². The molecule has 27 heavy (non-hydrogen) atoms. The maximum absolute atomic E-state index is 13.1. The first-order valence-electron chi connectivity index (χ1n) is 9.26. The van der Waals surface area contributed by atoms with E-state index in [9.17, 15) is 9.18 Å². The van der Waals surface area contributed by atoms with Crippen LogP contribution in [0.4, 0.5) is 4.39 Å². The smallest absolute Gasteiger partial charge is 0.237 e. The zero-order valence-corrected chi connectivity index (χ0v) is 18.0. The van der Waals surface area contributed by atoms with Crippen LogP contribution in [-0.4, -0.2) is 49.1 Å². The highest BCUT2D eigenvalue weighted by Crippen LogP contribution is 2.41. The molecule has 1 amide bonds. The number of hydrogen-bond acceptors (Lipinski definition) is 3. The monoisotopic (exact) mass is 419 g/mol. The van der Waals surface area contributed by atoms with Gasteiger partial charge in [-0.15, -0.1) is 24.8 Å². The first-order valence-corrected chi connectivity index (χ1v) is 9.26. The van der Waals surface area contributed by atoms with Gasteiger partial charge in [-0.3, -0.25) is 9.69 Å². The van der Waals surface area contributed by atoms with Gasteiger partial charge in [-0.05, 0) is 82.8 Å². The van der Waals surface area contributed by atoms with E-state index in [1.54, 1.807) is 12.1 Å². The van der Waals surface area contributed by atoms with Crippen LogP contribution in [0.5, 0.6) is 0 Å². The van der Waals surface area contributed by atoms with Gasteiger partial charge in [0, 0.05) is 12.1 Å². The van der Waals surface area contributed by atoms with Crippen LogP contribution < -0.4 is 10.6 Å². The molecule has 2 aliphatic heterocycles. The Morgan fingerprint density at radius 3 is 2.44 bits per heavy atom. The van der Waals surface area contributed by atoms with E-state index in [1.165, 1.54) is 12.1 Å². The number of halogens is 3. The van der Waals surface area contributed by atoms with Crippen LogP contribution in [0.2, 0.25) is 0 Å². The molecule has 1 aromatic rings. The van der Waals surface area contributed by atoms with Gasteiger partial charge in [0.2, 0.25) is 5.91 Å². The first kappa shape index (κ1) is 24.2. The molecule has 1 spiro atoms. The van der Waals surface area contributed by atoms with Gasteiger partial charge in [0.25, 0.3) is 0 Å². The molecule has 0 saturated carbocycles. The Morgan fingerprint density at radius 2 is 1.85 bits per heavy atom. The Bertz CT molecular complexity index is 618. The molecule has 1 unspecified atom stereocenters. The predicted octanol–water partition coefficient (Wildman–Crippen LogP) is 3.18. The van der Waals surface area contributed by atoms with Crippen molar-refractivity contribution in [3.05, 3.63) is 35.6 Å². The summed E-state index contributed by atoms with van der Waals surface area (Å²) in [7, 11) is 2.06. The van der Waals surface area contributed by atoms with Crippen molar-refractivity contribution in [2.24, 2.45) is 5.41 Å². The summed E-state index contributed by atoms with van der Waals surface area (Å²) in [5.41, 5.74) is 0.962. The quantitative estimate of drug-likeness (QED) is 0.787. The van der Waals surface area contributed by atoms with Gasteiger partial charge in [0.1, 0.15) is 5.82 Å². The van der Waals surface area contributed by atoms with Crippen molar-refractivity contribution in [1.82, 2.24) is 15.5 Å². The third-order valence-corrected chi connectivity index (χ3v) is 5.73. The Labute approximate surface area is 174 Å². The van der Waals surface area contributed by atoms with Gasteiger partial charge in [-0.2, -0.15) is 0 Å². The predicted molar refractivity (Wildman–Crippen MR) is 112 cm³/mol. The number of likely N-dealkylation sites (N-methyl/N-ethyl adjacent to an activating group) is 1. The largest absolute Gasteiger partial charge is 0.350 e. The van der Waals surface area contributed by atoms with E-state index >= 15 is 0 Å². The highest BCUT2D eigenvalue weighted by Gasteiger charge is 2.46. The van der Waals surface area contributed by atoms with E-state index < -0.39 is 0 Å². The van der Waals surface area contributed by atoms with Gasteiger partial charge >= 0.3 is 0 Å². The lowest BCUT2D eigenvalue weighted by atomic mass is 9.77. The molecule has 0 aliphatic carbocycles. The number of benzene rings is 1. The van der Waals surface area contributed by atoms with Crippen molar-refractivity contribution in [3.63, 3.8) is 0 Å². The molecule has 0 radical (unpaired) electrons. The normalized spacial score (nSPS) is 22.0. The van der Waals surface area contributed by atoms with Crippen molar-refractivity contribution in [2.75, 3.05) is 26.7 Å². The molecule has 1 atom stereocenters. The fourth-order valence-corrected chi connectivity index (χ4v) is 4.46. The van der Waals surface area contributed by atoms with Gasteiger partial charge in [0.05, 0.1) is 6.04 Å². The summed E-state index contributed by atoms with van der Waals surface area (Å²) < 4.78 is 13.1. The lowest BCUT2D eigenvalue weighted by molar-refractivity contribution is -0.126. The van der Waals surface area contributed by atoms with Crippen molar-refractivity contribution in [2.45, 2.75) is 51.1 Å². The highest BCUT2D eigenvalue weighted by molar-refractivity contribution is 5.85. The molecule has 154 valence electrons. The number of likely N-dealkylation sites (tertiary alicyclic amines) is 1. The maximum atomic E-state index is 13.1. The molecule has 1 aromatic carbocycles. The van der Waals surface area contributed by atoms with Crippen LogP contribution in [0, 0.1) is 11.2 Å². The second kappa shape index (κ2) is 9.55. The zero-order chi connectivity index (χ0) is 18.1. The topological polar surface area (TPSA) is 44.4 Å². The Hall–Kier alpha value is -0.880. The summed E-state index contributed by atoms with van der Waals surface area (Å²) in [5.74, 6) is -0.115. The minimum Gasteiger partial charge on any atom is -0.350 e. The van der Waals surface area contributed by atoms with Crippen molar-refractivity contribution < 1.29 is 9.18 Å². The molecule has 7 heteroatoms. The molecule has 2 heterocycles. The standard InChI is InChI=1S/C20H30FN3O.2ClH/c1-19(2,12-15-4-6-16(21)7-5-15)23-18(25)17-13-20(14-24(17)3)8-10-22-11-9-20;;/h4-7,17,22H,8-14H2,1-3H3,(H,23,25);2*1H. The third kappa shape index (κ3) is 6.05. The summed E-state index contributed by atoms with van der Waals surface area (Å²) in [4.78, 5) is 15.1. The van der Waals surface area contributed by atoms with Crippen molar-refractivity contribution >= 4 is 30.7 Å². The molecular weight excluding hydrogens is 388 g/mol. The lowest BCUT2D eigenvalue weighted by Gasteiger charge is -2.33. The van der Waals surface area contributed by atoms with E-state index in [-0.39, 0.29) is 48.1 Å².